The summed E-state index contributed by atoms with van der Waals surface area (Å²) in [4.78, 5) is 0.121. The van der Waals surface area contributed by atoms with Crippen molar-refractivity contribution in [2.75, 3.05) is 7.05 Å². The Bertz CT molecular complexity index is 556. The van der Waals surface area contributed by atoms with Gasteiger partial charge >= 0.3 is 0 Å². The zero-order valence-electron chi connectivity index (χ0n) is 11.8. The first kappa shape index (κ1) is 16.4. The predicted octanol–water partition coefficient (Wildman–Crippen LogP) is 2.61. The van der Waals surface area contributed by atoms with Crippen LogP contribution < -0.4 is 5.73 Å². The molecule has 0 bridgehead atoms. The molecule has 0 aliphatic carbocycles. The van der Waals surface area contributed by atoms with Crippen LogP contribution in [0.5, 0.6) is 0 Å². The molecule has 108 valence electrons. The fourth-order valence-corrected chi connectivity index (χ4v) is 3.69. The van der Waals surface area contributed by atoms with Crippen molar-refractivity contribution in [3.63, 3.8) is 0 Å². The minimum absolute atomic E-state index is 0.121. The molecule has 19 heavy (non-hydrogen) atoms. The smallest absolute Gasteiger partial charge is 0.244 e. The van der Waals surface area contributed by atoms with Crippen LogP contribution in [0.2, 0.25) is 5.02 Å². The van der Waals surface area contributed by atoms with Gasteiger partial charge in [0.25, 0.3) is 0 Å². The van der Waals surface area contributed by atoms with E-state index < -0.39 is 15.6 Å². The molecule has 0 aliphatic heterocycles. The van der Waals surface area contributed by atoms with Crippen LogP contribution in [0.3, 0.4) is 0 Å². The molecule has 0 atom stereocenters. The highest BCUT2D eigenvalue weighted by molar-refractivity contribution is 7.89. The first-order valence-electron chi connectivity index (χ1n) is 6.14. The van der Waals surface area contributed by atoms with Crippen LogP contribution in [0.15, 0.2) is 23.1 Å². The van der Waals surface area contributed by atoms with Crippen LogP contribution in [-0.4, -0.2) is 25.3 Å². The monoisotopic (exact) mass is 304 g/mol. The summed E-state index contributed by atoms with van der Waals surface area (Å²) in [5.74, 6) is 0. The first-order chi connectivity index (χ1) is 8.66. The molecule has 0 aromatic heterocycles. The number of hydrogen-bond donors (Lipinski definition) is 1. The van der Waals surface area contributed by atoms with Crippen LogP contribution in [0.25, 0.3) is 0 Å². The van der Waals surface area contributed by atoms with Crippen molar-refractivity contribution in [3.05, 3.63) is 28.8 Å². The third-order valence-corrected chi connectivity index (χ3v) is 6.14. The molecule has 1 rings (SSSR count). The van der Waals surface area contributed by atoms with E-state index in [-0.39, 0.29) is 9.92 Å². The lowest BCUT2D eigenvalue weighted by Gasteiger charge is -2.33. The van der Waals surface area contributed by atoms with Gasteiger partial charge in [-0.2, -0.15) is 4.31 Å². The van der Waals surface area contributed by atoms with Crippen molar-refractivity contribution < 1.29 is 8.42 Å². The zero-order valence-corrected chi connectivity index (χ0v) is 13.3. The van der Waals surface area contributed by atoms with E-state index in [1.54, 1.807) is 19.2 Å². The molecule has 0 saturated heterocycles. The third kappa shape index (κ3) is 3.28. The molecular weight excluding hydrogens is 284 g/mol. The Labute approximate surface area is 120 Å². The van der Waals surface area contributed by atoms with Crippen LogP contribution in [-0.2, 0) is 16.6 Å². The molecule has 0 saturated carbocycles. The number of benzene rings is 1. The number of halogens is 1. The minimum atomic E-state index is -3.60. The summed E-state index contributed by atoms with van der Waals surface area (Å²) >= 11 is 6.07. The second kappa shape index (κ2) is 5.79. The largest absolute Gasteiger partial charge is 0.326 e. The van der Waals surface area contributed by atoms with Gasteiger partial charge in [0, 0.05) is 19.1 Å². The van der Waals surface area contributed by atoms with Gasteiger partial charge in [0.1, 0.15) is 4.90 Å². The van der Waals surface area contributed by atoms with Crippen molar-refractivity contribution in [1.29, 1.82) is 0 Å². The number of nitrogens with zero attached hydrogens (tertiary/aromatic N) is 1. The van der Waals surface area contributed by atoms with Crippen LogP contribution in [0, 0.1) is 0 Å². The fourth-order valence-electron chi connectivity index (χ4n) is 1.58. The fraction of sp³-hybridized carbons (Fsp3) is 0.538. The van der Waals surface area contributed by atoms with E-state index in [1.807, 2.05) is 20.8 Å². The summed E-state index contributed by atoms with van der Waals surface area (Å²) in [5.41, 5.74) is 5.85. The minimum Gasteiger partial charge on any atom is -0.326 e. The Kier molecular flexibility index (Phi) is 5.01. The lowest BCUT2D eigenvalue weighted by molar-refractivity contribution is 0.257. The molecule has 0 aliphatic rings. The Morgan fingerprint density at radius 1 is 1.37 bits per heavy atom. The molecule has 0 heterocycles. The van der Waals surface area contributed by atoms with Crippen molar-refractivity contribution in [3.8, 4) is 0 Å². The van der Waals surface area contributed by atoms with Crippen molar-refractivity contribution in [2.45, 2.75) is 44.2 Å². The maximum atomic E-state index is 12.6. The molecule has 2 N–H and O–H groups in total. The van der Waals surface area contributed by atoms with Crippen LogP contribution >= 0.6 is 11.6 Å². The van der Waals surface area contributed by atoms with E-state index in [4.69, 9.17) is 17.3 Å². The summed E-state index contributed by atoms with van der Waals surface area (Å²) in [6, 6.07) is 4.80. The third-order valence-electron chi connectivity index (χ3n) is 3.59. The maximum Gasteiger partial charge on any atom is 0.244 e. The molecule has 0 spiro atoms. The topological polar surface area (TPSA) is 63.4 Å². The van der Waals surface area contributed by atoms with Gasteiger partial charge in [-0.05, 0) is 38.0 Å². The van der Waals surface area contributed by atoms with Gasteiger partial charge in [0.15, 0.2) is 0 Å². The maximum absolute atomic E-state index is 12.6. The van der Waals surface area contributed by atoms with Crippen LogP contribution in [0.1, 0.15) is 32.8 Å². The molecule has 1 aromatic rings. The molecule has 1 aromatic carbocycles. The van der Waals surface area contributed by atoms with E-state index in [9.17, 15) is 8.42 Å². The van der Waals surface area contributed by atoms with Crippen molar-refractivity contribution in [1.82, 2.24) is 4.31 Å². The summed E-state index contributed by atoms with van der Waals surface area (Å²) in [7, 11) is -2.03. The number of rotatable bonds is 5. The summed E-state index contributed by atoms with van der Waals surface area (Å²) in [6.07, 6.45) is 0.710. The molecule has 6 heteroatoms. The summed E-state index contributed by atoms with van der Waals surface area (Å²) in [6.45, 7) is 6.04. The standard InChI is InChI=1S/C13H21ClN2O2S/c1-5-13(2,3)16(4)19(17,18)12-7-6-10(9-15)8-11(12)14/h6-8H,5,9,15H2,1-4H3. The average molecular weight is 305 g/mol. The van der Waals surface area contributed by atoms with E-state index in [0.29, 0.717) is 13.0 Å². The lowest BCUT2D eigenvalue weighted by Crippen LogP contribution is -2.44. The number of nitrogens with two attached hydrogens (primary N) is 1. The van der Waals surface area contributed by atoms with Gasteiger partial charge in [-0.25, -0.2) is 8.42 Å². The average Bonchev–Trinajstić information content (AvgIpc) is 2.37. The highest BCUT2D eigenvalue weighted by Gasteiger charge is 2.33. The molecule has 0 radical (unpaired) electrons. The second-order valence-corrected chi connectivity index (χ2v) is 7.45. The predicted molar refractivity (Wildman–Crippen MR) is 78.7 cm³/mol. The first-order valence-corrected chi connectivity index (χ1v) is 7.96. The lowest BCUT2D eigenvalue weighted by atomic mass is 10.0. The van der Waals surface area contributed by atoms with Gasteiger partial charge in [0.05, 0.1) is 5.02 Å². The highest BCUT2D eigenvalue weighted by atomic mass is 35.5. The highest BCUT2D eigenvalue weighted by Crippen LogP contribution is 2.30. The summed E-state index contributed by atoms with van der Waals surface area (Å²) < 4.78 is 26.5. The molecule has 0 amide bonds. The van der Waals surface area contributed by atoms with Gasteiger partial charge in [0.2, 0.25) is 10.0 Å². The van der Waals surface area contributed by atoms with E-state index in [1.165, 1.54) is 10.4 Å². The van der Waals surface area contributed by atoms with Gasteiger partial charge in [-0.1, -0.05) is 24.6 Å². The zero-order chi connectivity index (χ0) is 14.8. The Balaban J connectivity index is 3.28. The quantitative estimate of drug-likeness (QED) is 0.909. The normalized spacial score (nSPS) is 13.0. The van der Waals surface area contributed by atoms with E-state index in [0.717, 1.165) is 5.56 Å². The van der Waals surface area contributed by atoms with E-state index >= 15 is 0 Å². The van der Waals surface area contributed by atoms with Crippen molar-refractivity contribution >= 4 is 21.6 Å². The number of hydrogen-bond acceptors (Lipinski definition) is 3. The Morgan fingerprint density at radius 2 is 1.95 bits per heavy atom. The Morgan fingerprint density at radius 3 is 2.37 bits per heavy atom. The molecule has 4 nitrogen and oxygen atoms in total. The SMILES string of the molecule is CCC(C)(C)N(C)S(=O)(=O)c1ccc(CN)cc1Cl. The van der Waals surface area contributed by atoms with Gasteiger partial charge in [-0.3, -0.25) is 0 Å². The van der Waals surface area contributed by atoms with Gasteiger partial charge < -0.3 is 5.73 Å². The number of sulfonamides is 1. The molecule has 0 fully saturated rings. The molecule has 0 unspecified atom stereocenters. The van der Waals surface area contributed by atoms with Gasteiger partial charge in [-0.15, -0.1) is 0 Å². The molecular formula is C13H21ClN2O2S. The van der Waals surface area contributed by atoms with Crippen molar-refractivity contribution in [2.24, 2.45) is 5.73 Å². The summed E-state index contributed by atoms with van der Waals surface area (Å²) in [5, 5.41) is 0.210. The van der Waals surface area contributed by atoms with Crippen LogP contribution in [0.4, 0.5) is 0 Å². The Hall–Kier alpha value is -0.620. The second-order valence-electron chi connectivity index (χ2n) is 5.11. The van der Waals surface area contributed by atoms with E-state index in [2.05, 4.69) is 0 Å².